The molecule has 0 bridgehead atoms. The number of carbonyl (C=O) groups is 4. The zero-order valence-electron chi connectivity index (χ0n) is 22.6. The van der Waals surface area contributed by atoms with Gasteiger partial charge >= 0.3 is 0 Å². The summed E-state index contributed by atoms with van der Waals surface area (Å²) < 4.78 is 0. The van der Waals surface area contributed by atoms with E-state index in [0.717, 1.165) is 30.3 Å². The summed E-state index contributed by atoms with van der Waals surface area (Å²) in [7, 11) is 0. The van der Waals surface area contributed by atoms with Crippen LogP contribution in [0.5, 0.6) is 0 Å². The first-order chi connectivity index (χ1) is 18.9. The quantitative estimate of drug-likeness (QED) is 0.577. The van der Waals surface area contributed by atoms with Gasteiger partial charge in [0.1, 0.15) is 17.9 Å². The zero-order chi connectivity index (χ0) is 27.4. The van der Waals surface area contributed by atoms with Crippen molar-refractivity contribution in [2.24, 2.45) is 5.92 Å². The minimum atomic E-state index is -1.21. The highest BCUT2D eigenvalue weighted by atomic mass is 16.2. The fraction of sp³-hybridized carbons (Fsp3) is 0.484. The van der Waals surface area contributed by atoms with E-state index < -0.39 is 29.6 Å². The molecule has 0 radical (unpaired) electrons. The molecular weight excluding hydrogens is 492 g/mol. The van der Waals surface area contributed by atoms with Crippen LogP contribution >= 0.6 is 0 Å². The van der Waals surface area contributed by atoms with Gasteiger partial charge in [-0.2, -0.15) is 0 Å². The molecule has 3 aliphatic heterocycles. The molecule has 5 atom stereocenters. The number of nitrogens with one attached hydrogen (secondary N) is 2. The molecule has 8 heteroatoms. The van der Waals surface area contributed by atoms with Gasteiger partial charge in [-0.25, -0.2) is 0 Å². The van der Waals surface area contributed by atoms with E-state index in [1.807, 2.05) is 65.6 Å². The minimum absolute atomic E-state index is 0.0529. The summed E-state index contributed by atoms with van der Waals surface area (Å²) in [5, 5.41) is 6.24. The third kappa shape index (κ3) is 5.91. The largest absolute Gasteiger partial charge is 0.350 e. The van der Waals surface area contributed by atoms with Crippen LogP contribution in [0.3, 0.4) is 0 Å². The van der Waals surface area contributed by atoms with Crippen LogP contribution in [0, 0.1) is 5.92 Å². The van der Waals surface area contributed by atoms with Crippen LogP contribution in [0.4, 0.5) is 0 Å². The highest BCUT2D eigenvalue weighted by Crippen LogP contribution is 2.28. The van der Waals surface area contributed by atoms with Crippen LogP contribution in [-0.2, 0) is 32.0 Å². The van der Waals surface area contributed by atoms with Crippen molar-refractivity contribution >= 4 is 24.0 Å². The van der Waals surface area contributed by atoms with Crippen LogP contribution in [0.1, 0.15) is 43.7 Å². The lowest BCUT2D eigenvalue weighted by Crippen LogP contribution is -2.61. The first-order valence-corrected chi connectivity index (χ1v) is 14.1. The van der Waals surface area contributed by atoms with Crippen LogP contribution in [0.25, 0.3) is 0 Å². The number of rotatable bonds is 5. The maximum absolute atomic E-state index is 13.9. The molecule has 5 rings (SSSR count). The highest BCUT2D eigenvalue weighted by Gasteiger charge is 2.45. The van der Waals surface area contributed by atoms with Gasteiger partial charge in [-0.15, -0.1) is 0 Å². The van der Waals surface area contributed by atoms with Gasteiger partial charge in [0.05, 0.1) is 12.0 Å². The summed E-state index contributed by atoms with van der Waals surface area (Å²) >= 11 is 0. The van der Waals surface area contributed by atoms with Crippen molar-refractivity contribution in [3.05, 3.63) is 71.8 Å². The van der Waals surface area contributed by atoms with Crippen molar-refractivity contribution in [1.29, 1.82) is 0 Å². The fourth-order valence-corrected chi connectivity index (χ4v) is 6.40. The van der Waals surface area contributed by atoms with Gasteiger partial charge in [0.2, 0.25) is 17.7 Å². The van der Waals surface area contributed by atoms with Gasteiger partial charge in [0.25, 0.3) is 0 Å². The molecule has 2 aromatic rings. The monoisotopic (exact) mass is 530 g/mol. The van der Waals surface area contributed by atoms with Gasteiger partial charge in [-0.05, 0) is 49.8 Å². The molecule has 206 valence electrons. The average molecular weight is 531 g/mol. The molecule has 0 spiro atoms. The predicted molar refractivity (Wildman–Crippen MR) is 148 cm³/mol. The lowest BCUT2D eigenvalue weighted by atomic mass is 9.88. The Morgan fingerprint density at radius 3 is 2.21 bits per heavy atom. The number of nitrogens with zero attached hydrogens (tertiary/aromatic N) is 2. The van der Waals surface area contributed by atoms with Crippen LogP contribution in [-0.4, -0.2) is 77.1 Å². The lowest BCUT2D eigenvalue weighted by molar-refractivity contribution is -0.142. The van der Waals surface area contributed by atoms with Gasteiger partial charge in [-0.1, -0.05) is 67.6 Å². The van der Waals surface area contributed by atoms with E-state index in [-0.39, 0.29) is 24.3 Å². The van der Waals surface area contributed by atoms with Crippen molar-refractivity contribution < 1.29 is 19.2 Å². The molecule has 3 fully saturated rings. The Labute approximate surface area is 230 Å². The van der Waals surface area contributed by atoms with Crippen LogP contribution < -0.4 is 10.6 Å². The molecule has 0 aliphatic carbocycles. The minimum Gasteiger partial charge on any atom is -0.350 e. The zero-order valence-corrected chi connectivity index (χ0v) is 22.6. The third-order valence-electron chi connectivity index (χ3n) is 8.58. The van der Waals surface area contributed by atoms with E-state index in [9.17, 15) is 19.2 Å². The van der Waals surface area contributed by atoms with Gasteiger partial charge in [0.15, 0.2) is 0 Å². The molecule has 39 heavy (non-hydrogen) atoms. The summed E-state index contributed by atoms with van der Waals surface area (Å²) in [6.07, 6.45) is 4.49. The number of hydrogen-bond donors (Lipinski definition) is 2. The number of fused-ring (bicyclic) bond motifs is 2. The summed E-state index contributed by atoms with van der Waals surface area (Å²) in [5.74, 6) is -1.16. The summed E-state index contributed by atoms with van der Waals surface area (Å²) in [4.78, 5) is 58.0. The Morgan fingerprint density at radius 1 is 0.872 bits per heavy atom. The van der Waals surface area contributed by atoms with E-state index in [4.69, 9.17) is 0 Å². The molecule has 8 nitrogen and oxygen atoms in total. The van der Waals surface area contributed by atoms with Gasteiger partial charge in [-0.3, -0.25) is 19.3 Å². The van der Waals surface area contributed by atoms with Crippen molar-refractivity contribution in [1.82, 2.24) is 20.4 Å². The Bertz CT molecular complexity index is 1190. The van der Waals surface area contributed by atoms with Gasteiger partial charge < -0.3 is 20.3 Å². The Kier molecular flexibility index (Phi) is 8.12. The Morgan fingerprint density at radius 2 is 1.51 bits per heavy atom. The fourth-order valence-electron chi connectivity index (χ4n) is 6.40. The molecule has 2 N–H and O–H groups in total. The highest BCUT2D eigenvalue weighted by molar-refractivity contribution is 5.92. The van der Waals surface area contributed by atoms with Crippen molar-refractivity contribution in [3.63, 3.8) is 0 Å². The molecule has 3 saturated heterocycles. The topological polar surface area (TPSA) is 98.8 Å². The van der Waals surface area contributed by atoms with E-state index in [2.05, 4.69) is 10.6 Å². The molecule has 3 heterocycles. The van der Waals surface area contributed by atoms with Crippen LogP contribution in [0.2, 0.25) is 0 Å². The van der Waals surface area contributed by atoms with E-state index in [0.29, 0.717) is 38.8 Å². The Hall–Kier alpha value is -3.52. The second-order valence-electron chi connectivity index (χ2n) is 11.3. The summed E-state index contributed by atoms with van der Waals surface area (Å²) in [6.45, 7) is 3.24. The SMILES string of the molecule is CC1C(=O)N[C@](C=O)(Cc2ccccc2)CN2CCC[C@H]2C(=O)N2CCC[C@H]2C(=O)N[C@H]1Cc1ccccc1. The predicted octanol–water partition coefficient (Wildman–Crippen LogP) is 2.12. The smallest absolute Gasteiger partial charge is 0.243 e. The lowest BCUT2D eigenvalue weighted by Gasteiger charge is -2.37. The number of hydrogen-bond acceptors (Lipinski definition) is 5. The normalized spacial score (nSPS) is 30.3. The number of amides is 3. The van der Waals surface area contributed by atoms with E-state index in [1.165, 1.54) is 0 Å². The molecule has 1 unspecified atom stereocenters. The van der Waals surface area contributed by atoms with Crippen LogP contribution in [0.15, 0.2) is 60.7 Å². The average Bonchev–Trinajstić information content (AvgIpc) is 3.62. The van der Waals surface area contributed by atoms with Crippen molar-refractivity contribution in [3.8, 4) is 0 Å². The van der Waals surface area contributed by atoms with Crippen molar-refractivity contribution in [2.75, 3.05) is 19.6 Å². The second kappa shape index (κ2) is 11.7. The number of benzene rings is 2. The summed E-state index contributed by atoms with van der Waals surface area (Å²) in [6, 6.07) is 17.9. The standard InChI is InChI=1S/C31H38N4O4/c1-22-25(18-23-10-4-2-5-11-23)32-29(38)26-14-9-17-35(26)30(39)27-15-8-16-34(27)20-31(21-36,33-28(22)37)19-24-12-6-3-7-13-24/h2-7,10-13,21-22,25-27H,8-9,14-20H2,1H3,(H,32,38)(H,33,37)/t22?,25-,26-,27-,31+/m0/s1. The maximum atomic E-state index is 13.9. The molecule has 2 aromatic carbocycles. The molecule has 3 aliphatic rings. The maximum Gasteiger partial charge on any atom is 0.243 e. The first-order valence-electron chi connectivity index (χ1n) is 14.1. The number of carbonyl (C=O) groups excluding carboxylic acids is 4. The Balaban J connectivity index is 1.53. The van der Waals surface area contributed by atoms with Crippen molar-refractivity contribution in [2.45, 2.75) is 69.1 Å². The van der Waals surface area contributed by atoms with E-state index in [1.54, 1.807) is 11.8 Å². The molecule has 3 amide bonds. The third-order valence-corrected chi connectivity index (χ3v) is 8.58. The van der Waals surface area contributed by atoms with E-state index >= 15 is 0 Å². The second-order valence-corrected chi connectivity index (χ2v) is 11.3. The molecular formula is C31H38N4O4. The number of aldehydes is 1. The molecule has 0 aromatic heterocycles. The first kappa shape index (κ1) is 27.1. The molecule has 0 saturated carbocycles. The van der Waals surface area contributed by atoms with Gasteiger partial charge in [0, 0.05) is 25.6 Å². The summed E-state index contributed by atoms with van der Waals surface area (Å²) in [5.41, 5.74) is 0.713.